The molecule has 68 valence electrons. The van der Waals surface area contributed by atoms with E-state index in [2.05, 4.69) is 10.5 Å². The highest BCUT2D eigenvalue weighted by Gasteiger charge is 1.98. The number of hydrogen-bond donors (Lipinski definition) is 1. The Morgan fingerprint density at radius 3 is 2.92 bits per heavy atom. The molecule has 0 bridgehead atoms. The summed E-state index contributed by atoms with van der Waals surface area (Å²) in [6, 6.07) is 0. The van der Waals surface area contributed by atoms with Gasteiger partial charge in [0.1, 0.15) is 0 Å². The molecule has 1 amide bonds. The number of ether oxygens (including phenoxy) is 1. The van der Waals surface area contributed by atoms with Gasteiger partial charge in [-0.05, 0) is 18.6 Å². The molecule has 0 aliphatic carbocycles. The zero-order chi connectivity index (χ0) is 9.40. The molecule has 0 saturated carbocycles. The van der Waals surface area contributed by atoms with Crippen LogP contribution in [-0.2, 0) is 4.74 Å². The Hall–Kier alpha value is -1.21. The van der Waals surface area contributed by atoms with Crippen LogP contribution in [0, 0.1) is 5.92 Å². The van der Waals surface area contributed by atoms with Crippen molar-refractivity contribution < 1.29 is 9.53 Å². The molecular weight excluding hydrogens is 154 g/mol. The van der Waals surface area contributed by atoms with Crippen molar-refractivity contribution in [3.05, 3.63) is 17.9 Å². The molecule has 0 saturated heterocycles. The van der Waals surface area contributed by atoms with Crippen LogP contribution in [-0.4, -0.2) is 12.7 Å². The highest BCUT2D eigenvalue weighted by atomic mass is 16.5. The van der Waals surface area contributed by atoms with Gasteiger partial charge in [-0.3, -0.25) is 0 Å². The number of carbonyl (C=O) groups excluding carboxylic acids is 1. The predicted octanol–water partition coefficient (Wildman–Crippen LogP) is 1.84. The van der Waals surface area contributed by atoms with Gasteiger partial charge in [0.15, 0.2) is 0 Å². The number of nitrogens with two attached hydrogens (primary N) is 1. The summed E-state index contributed by atoms with van der Waals surface area (Å²) in [5.74, 6) is 0.167. The molecule has 0 aliphatic rings. The van der Waals surface area contributed by atoms with E-state index in [1.165, 1.54) is 0 Å². The molecule has 0 aromatic heterocycles. The third-order valence-corrected chi connectivity index (χ3v) is 1.19. The maximum Gasteiger partial charge on any atom is 0.404 e. The number of rotatable bonds is 4. The molecule has 0 heterocycles. The lowest BCUT2D eigenvalue weighted by Crippen LogP contribution is -2.16. The van der Waals surface area contributed by atoms with E-state index in [4.69, 9.17) is 5.73 Å². The minimum atomic E-state index is -0.727. The summed E-state index contributed by atoms with van der Waals surface area (Å²) in [6.07, 6.45) is 4.00. The summed E-state index contributed by atoms with van der Waals surface area (Å²) >= 11 is 0. The van der Waals surface area contributed by atoms with Crippen molar-refractivity contribution in [2.45, 2.75) is 20.3 Å². The molecule has 0 aliphatic heterocycles. The zero-order valence-electron chi connectivity index (χ0n) is 7.54. The van der Waals surface area contributed by atoms with Crippen LogP contribution < -0.4 is 5.73 Å². The Labute approximate surface area is 72.9 Å². The van der Waals surface area contributed by atoms with Crippen LogP contribution in [0.25, 0.3) is 0 Å². The highest BCUT2D eigenvalue weighted by molar-refractivity contribution is 5.64. The van der Waals surface area contributed by atoms with Gasteiger partial charge in [0, 0.05) is 5.92 Å². The average molecular weight is 169 g/mol. The molecular formula is C9H15NO2. The Kier molecular flexibility index (Phi) is 5.84. The van der Waals surface area contributed by atoms with Gasteiger partial charge in [0.05, 0.1) is 6.61 Å². The van der Waals surface area contributed by atoms with Crippen LogP contribution in [0.2, 0.25) is 0 Å². The van der Waals surface area contributed by atoms with Gasteiger partial charge in [-0.1, -0.05) is 13.8 Å². The number of primary amides is 1. The lowest BCUT2D eigenvalue weighted by atomic mass is 10.2. The van der Waals surface area contributed by atoms with Crippen molar-refractivity contribution in [3.63, 3.8) is 0 Å². The van der Waals surface area contributed by atoms with Crippen LogP contribution in [0.15, 0.2) is 17.9 Å². The first-order chi connectivity index (χ1) is 5.66. The fourth-order valence-electron chi connectivity index (χ4n) is 0.612. The lowest BCUT2D eigenvalue weighted by Gasteiger charge is -2.03. The van der Waals surface area contributed by atoms with E-state index in [0.717, 1.165) is 6.42 Å². The SMILES string of the molecule is CCC=C=CC(C)COC(N)=O. The Morgan fingerprint density at radius 1 is 1.75 bits per heavy atom. The van der Waals surface area contributed by atoms with Gasteiger partial charge < -0.3 is 10.5 Å². The Balaban J connectivity index is 3.66. The minimum absolute atomic E-state index is 0.167. The van der Waals surface area contributed by atoms with Crippen molar-refractivity contribution in [1.29, 1.82) is 0 Å². The second-order valence-electron chi connectivity index (χ2n) is 2.55. The van der Waals surface area contributed by atoms with Gasteiger partial charge in [-0.2, -0.15) is 0 Å². The first-order valence-corrected chi connectivity index (χ1v) is 4.00. The van der Waals surface area contributed by atoms with Crippen LogP contribution in [0.5, 0.6) is 0 Å². The van der Waals surface area contributed by atoms with Gasteiger partial charge in [0.2, 0.25) is 0 Å². The second-order valence-corrected chi connectivity index (χ2v) is 2.55. The zero-order valence-corrected chi connectivity index (χ0v) is 7.54. The molecule has 3 heteroatoms. The first-order valence-electron chi connectivity index (χ1n) is 4.00. The molecule has 0 fully saturated rings. The summed E-state index contributed by atoms with van der Waals surface area (Å²) in [5.41, 5.74) is 7.77. The highest BCUT2D eigenvalue weighted by Crippen LogP contribution is 1.96. The standard InChI is InChI=1S/C9H15NO2/c1-3-4-5-6-8(2)7-12-9(10)11/h4,6,8H,3,7H2,1-2H3,(H2,10,11). The summed E-state index contributed by atoms with van der Waals surface area (Å²) in [6.45, 7) is 4.28. The molecule has 2 N–H and O–H groups in total. The summed E-state index contributed by atoms with van der Waals surface area (Å²) in [4.78, 5) is 10.2. The maximum atomic E-state index is 10.2. The van der Waals surface area contributed by atoms with Crippen LogP contribution in [0.3, 0.4) is 0 Å². The number of hydrogen-bond acceptors (Lipinski definition) is 2. The first kappa shape index (κ1) is 10.8. The van der Waals surface area contributed by atoms with E-state index in [1.54, 1.807) is 0 Å². The van der Waals surface area contributed by atoms with Crippen LogP contribution >= 0.6 is 0 Å². The molecule has 1 unspecified atom stereocenters. The van der Waals surface area contributed by atoms with E-state index in [-0.39, 0.29) is 5.92 Å². The summed E-state index contributed by atoms with van der Waals surface area (Å²) < 4.78 is 4.59. The van der Waals surface area contributed by atoms with Crippen molar-refractivity contribution in [2.75, 3.05) is 6.61 Å². The predicted molar refractivity (Wildman–Crippen MR) is 47.6 cm³/mol. The van der Waals surface area contributed by atoms with Crippen molar-refractivity contribution in [1.82, 2.24) is 0 Å². The molecule has 0 aromatic rings. The molecule has 12 heavy (non-hydrogen) atoms. The van der Waals surface area contributed by atoms with E-state index >= 15 is 0 Å². The summed E-state index contributed by atoms with van der Waals surface area (Å²) in [5, 5.41) is 0. The van der Waals surface area contributed by atoms with Crippen molar-refractivity contribution in [3.8, 4) is 0 Å². The van der Waals surface area contributed by atoms with E-state index in [1.807, 2.05) is 26.0 Å². The van der Waals surface area contributed by atoms with Crippen molar-refractivity contribution >= 4 is 6.09 Å². The normalized spacial score (nSPS) is 11.2. The maximum absolute atomic E-state index is 10.2. The second kappa shape index (κ2) is 6.50. The van der Waals surface area contributed by atoms with E-state index in [0.29, 0.717) is 6.61 Å². The summed E-state index contributed by atoms with van der Waals surface area (Å²) in [7, 11) is 0. The molecule has 3 nitrogen and oxygen atoms in total. The van der Waals surface area contributed by atoms with Gasteiger partial charge in [-0.25, -0.2) is 4.79 Å². The van der Waals surface area contributed by atoms with Gasteiger partial charge in [-0.15, -0.1) is 5.73 Å². The van der Waals surface area contributed by atoms with Gasteiger partial charge in [0.25, 0.3) is 0 Å². The lowest BCUT2D eigenvalue weighted by molar-refractivity contribution is 0.147. The quantitative estimate of drug-likeness (QED) is 0.653. The van der Waals surface area contributed by atoms with Crippen LogP contribution in [0.4, 0.5) is 4.79 Å². The Bertz CT molecular complexity index is 193. The Morgan fingerprint density at radius 2 is 2.42 bits per heavy atom. The largest absolute Gasteiger partial charge is 0.449 e. The number of amides is 1. The average Bonchev–Trinajstić information content (AvgIpc) is 2.01. The molecule has 0 rings (SSSR count). The minimum Gasteiger partial charge on any atom is -0.449 e. The molecule has 0 radical (unpaired) electrons. The van der Waals surface area contributed by atoms with E-state index in [9.17, 15) is 4.79 Å². The molecule has 1 atom stereocenters. The molecule has 0 spiro atoms. The van der Waals surface area contributed by atoms with Gasteiger partial charge >= 0.3 is 6.09 Å². The fraction of sp³-hybridized carbons (Fsp3) is 0.556. The smallest absolute Gasteiger partial charge is 0.404 e. The van der Waals surface area contributed by atoms with Crippen LogP contribution in [0.1, 0.15) is 20.3 Å². The third kappa shape index (κ3) is 6.90. The molecule has 0 aromatic carbocycles. The third-order valence-electron chi connectivity index (χ3n) is 1.19. The van der Waals surface area contributed by atoms with Crippen molar-refractivity contribution in [2.24, 2.45) is 11.7 Å². The number of carbonyl (C=O) groups is 1. The monoisotopic (exact) mass is 169 g/mol. The topological polar surface area (TPSA) is 52.3 Å². The van der Waals surface area contributed by atoms with E-state index < -0.39 is 6.09 Å². The fourth-order valence-corrected chi connectivity index (χ4v) is 0.612.